The molecule has 2 N–H and O–H groups in total. The third-order valence-corrected chi connectivity index (χ3v) is 2.83. The van der Waals surface area contributed by atoms with Crippen molar-refractivity contribution < 1.29 is 9.47 Å². The standard InChI is InChI=1S/C12H17NO2/c1-14-11-2-3-12-10(7-11)6-9(4-5-13)8-15-12/h2-3,7,9H,4-6,8,13H2,1H3. The molecule has 3 heteroatoms. The number of fused-ring (bicyclic) bond motifs is 1. The van der Waals surface area contributed by atoms with Gasteiger partial charge in [0.15, 0.2) is 0 Å². The van der Waals surface area contributed by atoms with Gasteiger partial charge in [0.05, 0.1) is 13.7 Å². The normalized spacial score (nSPS) is 19.2. The Kier molecular flexibility index (Phi) is 3.11. The van der Waals surface area contributed by atoms with Crippen molar-refractivity contribution in [1.29, 1.82) is 0 Å². The zero-order valence-electron chi connectivity index (χ0n) is 9.03. The summed E-state index contributed by atoms with van der Waals surface area (Å²) in [5.74, 6) is 2.43. The van der Waals surface area contributed by atoms with Gasteiger partial charge in [-0.2, -0.15) is 0 Å². The first-order chi connectivity index (χ1) is 7.33. The summed E-state index contributed by atoms with van der Waals surface area (Å²) in [6.07, 6.45) is 2.07. The molecule has 1 aliphatic heterocycles. The highest BCUT2D eigenvalue weighted by Gasteiger charge is 2.19. The van der Waals surface area contributed by atoms with E-state index in [0.717, 1.165) is 37.5 Å². The van der Waals surface area contributed by atoms with Crippen LogP contribution < -0.4 is 15.2 Å². The average Bonchev–Trinajstić information content (AvgIpc) is 2.28. The quantitative estimate of drug-likeness (QED) is 0.818. The number of hydrogen-bond donors (Lipinski definition) is 1. The van der Waals surface area contributed by atoms with Gasteiger partial charge < -0.3 is 15.2 Å². The van der Waals surface area contributed by atoms with Crippen molar-refractivity contribution in [3.8, 4) is 11.5 Å². The molecule has 2 rings (SSSR count). The van der Waals surface area contributed by atoms with Gasteiger partial charge in [0, 0.05) is 0 Å². The average molecular weight is 207 g/mol. The number of ether oxygens (including phenoxy) is 2. The molecule has 0 bridgehead atoms. The molecule has 0 saturated heterocycles. The van der Waals surface area contributed by atoms with Gasteiger partial charge in [0.1, 0.15) is 11.5 Å². The summed E-state index contributed by atoms with van der Waals surface area (Å²) >= 11 is 0. The van der Waals surface area contributed by atoms with Crippen molar-refractivity contribution in [1.82, 2.24) is 0 Å². The fourth-order valence-electron chi connectivity index (χ4n) is 1.98. The molecule has 0 amide bonds. The van der Waals surface area contributed by atoms with Crippen LogP contribution in [-0.2, 0) is 6.42 Å². The number of hydrogen-bond acceptors (Lipinski definition) is 3. The Balaban J connectivity index is 2.16. The van der Waals surface area contributed by atoms with Gasteiger partial charge in [-0.1, -0.05) is 0 Å². The lowest BCUT2D eigenvalue weighted by Gasteiger charge is -2.25. The first-order valence-electron chi connectivity index (χ1n) is 5.33. The van der Waals surface area contributed by atoms with Crippen LogP contribution in [0.2, 0.25) is 0 Å². The van der Waals surface area contributed by atoms with Crippen molar-refractivity contribution in [3.63, 3.8) is 0 Å². The number of methoxy groups -OCH3 is 1. The highest BCUT2D eigenvalue weighted by Crippen LogP contribution is 2.31. The maximum Gasteiger partial charge on any atom is 0.122 e. The first-order valence-corrected chi connectivity index (χ1v) is 5.33. The number of rotatable bonds is 3. The van der Waals surface area contributed by atoms with Crippen LogP contribution in [0.15, 0.2) is 18.2 Å². The highest BCUT2D eigenvalue weighted by molar-refractivity contribution is 5.41. The molecule has 0 saturated carbocycles. The minimum absolute atomic E-state index is 0.551. The summed E-state index contributed by atoms with van der Waals surface area (Å²) < 4.78 is 10.9. The summed E-state index contributed by atoms with van der Waals surface area (Å²) in [6, 6.07) is 5.97. The smallest absolute Gasteiger partial charge is 0.122 e. The second-order valence-corrected chi connectivity index (χ2v) is 3.93. The lowest BCUT2D eigenvalue weighted by Crippen LogP contribution is -2.23. The van der Waals surface area contributed by atoms with Gasteiger partial charge in [0.2, 0.25) is 0 Å². The number of benzene rings is 1. The fourth-order valence-corrected chi connectivity index (χ4v) is 1.98. The van der Waals surface area contributed by atoms with Gasteiger partial charge in [0.25, 0.3) is 0 Å². The molecule has 3 nitrogen and oxygen atoms in total. The van der Waals surface area contributed by atoms with Gasteiger partial charge in [-0.25, -0.2) is 0 Å². The molecule has 1 atom stereocenters. The second kappa shape index (κ2) is 4.53. The van der Waals surface area contributed by atoms with Crippen molar-refractivity contribution >= 4 is 0 Å². The predicted octanol–water partition coefficient (Wildman–Crippen LogP) is 1.60. The van der Waals surface area contributed by atoms with Crippen LogP contribution in [0.1, 0.15) is 12.0 Å². The van der Waals surface area contributed by atoms with E-state index in [2.05, 4.69) is 6.07 Å². The van der Waals surface area contributed by atoms with E-state index in [1.54, 1.807) is 7.11 Å². The SMILES string of the molecule is COc1ccc2c(c1)CC(CCN)CO2. The topological polar surface area (TPSA) is 44.5 Å². The van der Waals surface area contributed by atoms with E-state index in [0.29, 0.717) is 5.92 Å². The molecular weight excluding hydrogens is 190 g/mol. The molecule has 0 spiro atoms. The van der Waals surface area contributed by atoms with E-state index >= 15 is 0 Å². The van der Waals surface area contributed by atoms with Crippen LogP contribution in [0.5, 0.6) is 11.5 Å². The third kappa shape index (κ3) is 2.23. The Labute approximate surface area is 90.2 Å². The molecule has 1 aromatic rings. The van der Waals surface area contributed by atoms with Crippen molar-refractivity contribution in [2.45, 2.75) is 12.8 Å². The van der Waals surface area contributed by atoms with E-state index in [9.17, 15) is 0 Å². The van der Waals surface area contributed by atoms with Gasteiger partial charge in [-0.15, -0.1) is 0 Å². The van der Waals surface area contributed by atoms with E-state index in [1.807, 2.05) is 12.1 Å². The molecule has 1 unspecified atom stereocenters. The zero-order chi connectivity index (χ0) is 10.7. The Morgan fingerprint density at radius 2 is 2.40 bits per heavy atom. The zero-order valence-corrected chi connectivity index (χ0v) is 9.03. The number of nitrogens with two attached hydrogens (primary N) is 1. The minimum Gasteiger partial charge on any atom is -0.497 e. The Hall–Kier alpha value is -1.22. The van der Waals surface area contributed by atoms with Gasteiger partial charge >= 0.3 is 0 Å². The van der Waals surface area contributed by atoms with Crippen molar-refractivity contribution in [2.75, 3.05) is 20.3 Å². The van der Waals surface area contributed by atoms with Crippen molar-refractivity contribution in [3.05, 3.63) is 23.8 Å². The van der Waals surface area contributed by atoms with E-state index in [-0.39, 0.29) is 0 Å². The van der Waals surface area contributed by atoms with E-state index in [1.165, 1.54) is 5.56 Å². The summed E-state index contributed by atoms with van der Waals surface area (Å²) in [5.41, 5.74) is 6.79. The molecule has 0 aliphatic carbocycles. The van der Waals surface area contributed by atoms with Crippen LogP contribution >= 0.6 is 0 Å². The summed E-state index contributed by atoms with van der Waals surface area (Å²) in [7, 11) is 1.68. The summed E-state index contributed by atoms with van der Waals surface area (Å²) in [6.45, 7) is 1.52. The van der Waals surface area contributed by atoms with Crippen LogP contribution in [0.3, 0.4) is 0 Å². The van der Waals surface area contributed by atoms with Gasteiger partial charge in [-0.05, 0) is 49.1 Å². The lowest BCUT2D eigenvalue weighted by atomic mass is 9.94. The maximum absolute atomic E-state index is 5.68. The summed E-state index contributed by atoms with van der Waals surface area (Å²) in [4.78, 5) is 0. The molecule has 15 heavy (non-hydrogen) atoms. The fraction of sp³-hybridized carbons (Fsp3) is 0.500. The lowest BCUT2D eigenvalue weighted by molar-refractivity contribution is 0.215. The van der Waals surface area contributed by atoms with Crippen LogP contribution in [0, 0.1) is 5.92 Å². The summed E-state index contributed by atoms with van der Waals surface area (Å²) in [5, 5.41) is 0. The Morgan fingerprint density at radius 1 is 1.53 bits per heavy atom. The molecule has 0 fully saturated rings. The Bertz CT molecular complexity index is 338. The molecule has 1 aromatic carbocycles. The van der Waals surface area contributed by atoms with Crippen LogP contribution in [0.4, 0.5) is 0 Å². The monoisotopic (exact) mass is 207 g/mol. The molecular formula is C12H17NO2. The second-order valence-electron chi connectivity index (χ2n) is 3.93. The van der Waals surface area contributed by atoms with E-state index < -0.39 is 0 Å². The minimum atomic E-state index is 0.551. The molecule has 1 heterocycles. The third-order valence-electron chi connectivity index (χ3n) is 2.83. The van der Waals surface area contributed by atoms with Crippen LogP contribution in [-0.4, -0.2) is 20.3 Å². The maximum atomic E-state index is 5.68. The van der Waals surface area contributed by atoms with Gasteiger partial charge in [-0.3, -0.25) is 0 Å². The Morgan fingerprint density at radius 3 is 3.13 bits per heavy atom. The highest BCUT2D eigenvalue weighted by atomic mass is 16.5. The van der Waals surface area contributed by atoms with Crippen molar-refractivity contribution in [2.24, 2.45) is 11.7 Å². The largest absolute Gasteiger partial charge is 0.497 e. The van der Waals surface area contributed by atoms with Crippen LogP contribution in [0.25, 0.3) is 0 Å². The molecule has 82 valence electrons. The molecule has 0 radical (unpaired) electrons. The molecule has 0 aromatic heterocycles. The van der Waals surface area contributed by atoms with E-state index in [4.69, 9.17) is 15.2 Å². The first kappa shape index (κ1) is 10.3. The predicted molar refractivity (Wildman–Crippen MR) is 59.4 cm³/mol. The molecule has 1 aliphatic rings.